The summed E-state index contributed by atoms with van der Waals surface area (Å²) in [5, 5.41) is 3.60. The van der Waals surface area contributed by atoms with Crippen molar-refractivity contribution in [3.8, 4) is 11.5 Å². The van der Waals surface area contributed by atoms with Gasteiger partial charge in [0, 0.05) is 20.6 Å². The van der Waals surface area contributed by atoms with Gasteiger partial charge in [0.25, 0.3) is 11.8 Å². The van der Waals surface area contributed by atoms with E-state index in [1.165, 1.54) is 24.3 Å². The van der Waals surface area contributed by atoms with Crippen molar-refractivity contribution in [2.24, 2.45) is 0 Å². The average Bonchev–Trinajstić information content (AvgIpc) is 2.82. The minimum Gasteiger partial charge on any atom is -0.490 e. The highest BCUT2D eigenvalue weighted by Gasteiger charge is 2.37. The summed E-state index contributed by atoms with van der Waals surface area (Å²) in [6.07, 6.45) is 1.32. The van der Waals surface area contributed by atoms with Crippen LogP contribution >= 0.6 is 46.4 Å². The molecule has 3 aromatic rings. The van der Waals surface area contributed by atoms with Crippen molar-refractivity contribution in [1.82, 2.24) is 5.32 Å². The number of ether oxygens (including phenoxy) is 2. The van der Waals surface area contributed by atoms with Gasteiger partial charge in [-0.3, -0.25) is 14.9 Å². The van der Waals surface area contributed by atoms with Crippen LogP contribution in [0.3, 0.4) is 0 Å². The molecule has 4 rings (SSSR count). The first-order chi connectivity index (χ1) is 17.7. The molecule has 1 saturated heterocycles. The van der Waals surface area contributed by atoms with Crippen molar-refractivity contribution < 1.29 is 23.9 Å². The third-order valence-electron chi connectivity index (χ3n) is 5.20. The Bertz CT molecular complexity index is 1440. The second kappa shape index (κ2) is 11.4. The molecule has 7 nitrogen and oxygen atoms in total. The fraction of sp³-hybridized carbons (Fsp3) is 0.115. The van der Waals surface area contributed by atoms with Crippen LogP contribution in [0.4, 0.5) is 10.5 Å². The Morgan fingerprint density at radius 1 is 0.892 bits per heavy atom. The molecule has 1 aliphatic rings. The lowest BCUT2D eigenvalue weighted by molar-refractivity contribution is -0.122. The van der Waals surface area contributed by atoms with Crippen molar-refractivity contribution in [1.29, 1.82) is 0 Å². The van der Waals surface area contributed by atoms with Crippen LogP contribution in [0.15, 0.2) is 60.2 Å². The first kappa shape index (κ1) is 26.8. The molecular formula is C26H18Cl4N2O5. The van der Waals surface area contributed by atoms with E-state index in [-0.39, 0.29) is 28.6 Å². The number of amides is 4. The van der Waals surface area contributed by atoms with E-state index < -0.39 is 17.8 Å². The monoisotopic (exact) mass is 578 g/mol. The van der Waals surface area contributed by atoms with Crippen LogP contribution in [0, 0.1) is 0 Å². The van der Waals surface area contributed by atoms with Crippen molar-refractivity contribution in [2.45, 2.75) is 13.5 Å². The first-order valence-corrected chi connectivity index (χ1v) is 12.4. The second-order valence-corrected chi connectivity index (χ2v) is 9.41. The zero-order valence-electron chi connectivity index (χ0n) is 19.2. The van der Waals surface area contributed by atoms with E-state index in [4.69, 9.17) is 55.9 Å². The minimum atomic E-state index is -0.882. The van der Waals surface area contributed by atoms with Crippen molar-refractivity contribution >= 4 is 76.0 Å². The number of hydrogen-bond donors (Lipinski definition) is 1. The molecule has 11 heteroatoms. The van der Waals surface area contributed by atoms with Crippen LogP contribution in [0.5, 0.6) is 11.5 Å². The van der Waals surface area contributed by atoms with Gasteiger partial charge in [-0.25, -0.2) is 9.69 Å². The highest BCUT2D eigenvalue weighted by Crippen LogP contribution is 2.38. The number of urea groups is 1. The zero-order chi connectivity index (χ0) is 26.7. The van der Waals surface area contributed by atoms with Gasteiger partial charge in [-0.05, 0) is 61.0 Å². The maximum atomic E-state index is 13.2. The normalized spacial score (nSPS) is 14.7. The molecule has 190 valence electrons. The van der Waals surface area contributed by atoms with E-state index in [0.717, 1.165) is 4.90 Å². The van der Waals surface area contributed by atoms with E-state index in [0.29, 0.717) is 38.6 Å². The summed E-state index contributed by atoms with van der Waals surface area (Å²) in [5.41, 5.74) is 1.00. The predicted molar refractivity (Wildman–Crippen MR) is 144 cm³/mol. The summed E-state index contributed by atoms with van der Waals surface area (Å²) in [4.78, 5) is 39.0. The molecule has 1 fully saturated rings. The van der Waals surface area contributed by atoms with Gasteiger partial charge < -0.3 is 9.47 Å². The maximum absolute atomic E-state index is 13.2. The van der Waals surface area contributed by atoms with Gasteiger partial charge in [0.2, 0.25) is 0 Å². The summed E-state index contributed by atoms with van der Waals surface area (Å²) in [7, 11) is 0. The second-order valence-electron chi connectivity index (χ2n) is 7.73. The quantitative estimate of drug-likeness (QED) is 0.242. The van der Waals surface area contributed by atoms with E-state index in [9.17, 15) is 14.4 Å². The molecule has 0 atom stereocenters. The largest absolute Gasteiger partial charge is 0.490 e. The zero-order valence-corrected chi connectivity index (χ0v) is 22.2. The molecule has 0 radical (unpaired) electrons. The molecule has 1 aliphatic heterocycles. The average molecular weight is 580 g/mol. The summed E-state index contributed by atoms with van der Waals surface area (Å²) in [6, 6.07) is 13.4. The van der Waals surface area contributed by atoms with Crippen LogP contribution in [0.2, 0.25) is 20.1 Å². The van der Waals surface area contributed by atoms with Gasteiger partial charge in [-0.1, -0.05) is 58.5 Å². The fourth-order valence-corrected chi connectivity index (χ4v) is 4.46. The first-order valence-electron chi connectivity index (χ1n) is 10.9. The van der Waals surface area contributed by atoms with Crippen molar-refractivity contribution in [3.05, 3.63) is 91.4 Å². The number of carbonyl (C=O) groups excluding carboxylic acids is 3. The lowest BCUT2D eigenvalue weighted by atomic mass is 10.1. The molecule has 0 bridgehead atoms. The summed E-state index contributed by atoms with van der Waals surface area (Å²) < 4.78 is 11.6. The van der Waals surface area contributed by atoms with Gasteiger partial charge in [-0.15, -0.1) is 0 Å². The number of benzene rings is 3. The number of carbonyl (C=O) groups is 3. The number of imide groups is 2. The van der Waals surface area contributed by atoms with Crippen LogP contribution in [0.1, 0.15) is 18.1 Å². The Balaban J connectivity index is 1.66. The molecule has 1 N–H and O–H groups in total. The van der Waals surface area contributed by atoms with Gasteiger partial charge in [0.15, 0.2) is 11.5 Å². The molecule has 0 saturated carbocycles. The van der Waals surface area contributed by atoms with Crippen LogP contribution in [0.25, 0.3) is 6.08 Å². The van der Waals surface area contributed by atoms with E-state index in [1.54, 1.807) is 43.3 Å². The van der Waals surface area contributed by atoms with E-state index in [2.05, 4.69) is 5.32 Å². The standard InChI is InChI=1S/C26H18Cl4N2O5/c1-2-36-22-10-14(9-21(30)23(22)37-13-15-6-7-17(28)12-20(15)29)8-19-24(33)31-26(35)32(25(19)34)18-5-3-4-16(27)11-18/h3-12H,2,13H2,1H3,(H,31,33,35)/b19-8+. The number of nitrogens with one attached hydrogen (secondary N) is 1. The molecule has 4 amide bonds. The Morgan fingerprint density at radius 2 is 1.65 bits per heavy atom. The number of rotatable bonds is 7. The van der Waals surface area contributed by atoms with Crippen molar-refractivity contribution in [3.63, 3.8) is 0 Å². The topological polar surface area (TPSA) is 84.9 Å². The van der Waals surface area contributed by atoms with Crippen LogP contribution < -0.4 is 19.7 Å². The van der Waals surface area contributed by atoms with E-state index in [1.807, 2.05) is 0 Å². The van der Waals surface area contributed by atoms with Crippen molar-refractivity contribution in [2.75, 3.05) is 11.5 Å². The molecular weight excluding hydrogens is 562 g/mol. The number of halogens is 4. The predicted octanol–water partition coefficient (Wildman–Crippen LogP) is 6.94. The Hall–Kier alpha value is -3.23. The Kier molecular flexibility index (Phi) is 8.29. The third kappa shape index (κ3) is 6.02. The third-order valence-corrected chi connectivity index (χ3v) is 6.30. The number of anilines is 1. The Morgan fingerprint density at radius 3 is 2.35 bits per heavy atom. The lowest BCUT2D eigenvalue weighted by Gasteiger charge is -2.26. The van der Waals surface area contributed by atoms with Gasteiger partial charge in [-0.2, -0.15) is 0 Å². The van der Waals surface area contributed by atoms with E-state index >= 15 is 0 Å². The molecule has 0 aliphatic carbocycles. The maximum Gasteiger partial charge on any atom is 0.335 e. The fourth-order valence-electron chi connectivity index (χ4n) is 3.54. The number of hydrogen-bond acceptors (Lipinski definition) is 5. The minimum absolute atomic E-state index is 0.0911. The Labute approximate surface area is 232 Å². The molecule has 0 spiro atoms. The summed E-state index contributed by atoms with van der Waals surface area (Å²) >= 11 is 24.7. The van der Waals surface area contributed by atoms with Crippen LogP contribution in [-0.4, -0.2) is 24.5 Å². The van der Waals surface area contributed by atoms with Gasteiger partial charge in [0.05, 0.1) is 17.3 Å². The lowest BCUT2D eigenvalue weighted by Crippen LogP contribution is -2.54. The van der Waals surface area contributed by atoms with Gasteiger partial charge in [0.1, 0.15) is 12.2 Å². The molecule has 1 heterocycles. The SMILES string of the molecule is CCOc1cc(/C=C2\C(=O)NC(=O)N(c3cccc(Cl)c3)C2=O)cc(Cl)c1OCc1ccc(Cl)cc1Cl. The summed E-state index contributed by atoms with van der Waals surface area (Å²) in [6.45, 7) is 2.17. The number of nitrogens with zero attached hydrogens (tertiary/aromatic N) is 1. The molecule has 0 unspecified atom stereocenters. The van der Waals surface area contributed by atoms with Crippen LogP contribution in [-0.2, 0) is 16.2 Å². The molecule has 3 aromatic carbocycles. The highest BCUT2D eigenvalue weighted by molar-refractivity contribution is 6.40. The summed E-state index contributed by atoms with van der Waals surface area (Å²) in [5.74, 6) is -1.12. The van der Waals surface area contributed by atoms with Gasteiger partial charge >= 0.3 is 6.03 Å². The molecule has 37 heavy (non-hydrogen) atoms. The molecule has 0 aromatic heterocycles. The highest BCUT2D eigenvalue weighted by atomic mass is 35.5. The smallest absolute Gasteiger partial charge is 0.335 e. The number of barbiturate groups is 1.